The number of likely N-dealkylation sites (tertiary alicyclic amines) is 1. The Bertz CT molecular complexity index is 926. The van der Waals surface area contributed by atoms with Gasteiger partial charge in [0.15, 0.2) is 0 Å². The van der Waals surface area contributed by atoms with Crippen LogP contribution in [-0.4, -0.2) is 52.9 Å². The van der Waals surface area contributed by atoms with Gasteiger partial charge in [0.25, 0.3) is 11.7 Å². The minimum atomic E-state index is -0.683. The van der Waals surface area contributed by atoms with Gasteiger partial charge < -0.3 is 14.9 Å². The molecule has 3 rings (SSSR count). The highest BCUT2D eigenvalue weighted by molar-refractivity contribution is 6.46. The lowest BCUT2D eigenvalue weighted by molar-refractivity contribution is -0.895. The SMILES string of the molecule is CC[NH+](CC)CCN1C(=O)C(=O)/C(=C(/O)c2ccncc2)[C@H]1c1cccc(Cl)c1. The van der Waals surface area contributed by atoms with E-state index in [2.05, 4.69) is 18.8 Å². The van der Waals surface area contributed by atoms with Crippen molar-refractivity contribution in [2.75, 3.05) is 26.2 Å². The van der Waals surface area contributed by atoms with Crippen LogP contribution in [0.15, 0.2) is 54.4 Å². The second kappa shape index (κ2) is 9.20. The number of halogens is 1. The van der Waals surface area contributed by atoms with Crippen molar-refractivity contribution in [2.24, 2.45) is 0 Å². The van der Waals surface area contributed by atoms with E-state index in [-0.39, 0.29) is 11.3 Å². The molecule has 0 unspecified atom stereocenters. The van der Waals surface area contributed by atoms with E-state index in [9.17, 15) is 14.7 Å². The summed E-state index contributed by atoms with van der Waals surface area (Å²) in [6.07, 6.45) is 3.06. The molecule has 0 radical (unpaired) electrons. The fourth-order valence-corrected chi connectivity index (χ4v) is 3.88. The summed E-state index contributed by atoms with van der Waals surface area (Å²) in [5.74, 6) is -1.48. The first kappa shape index (κ1) is 21.0. The predicted molar refractivity (Wildman–Crippen MR) is 112 cm³/mol. The molecule has 7 heteroatoms. The number of hydrogen-bond donors (Lipinski definition) is 2. The first-order valence-corrected chi connectivity index (χ1v) is 10.1. The molecule has 1 fully saturated rings. The molecule has 1 aromatic heterocycles. The summed E-state index contributed by atoms with van der Waals surface area (Å²) in [5, 5.41) is 11.4. The fourth-order valence-electron chi connectivity index (χ4n) is 3.68. The van der Waals surface area contributed by atoms with Crippen molar-refractivity contribution >= 4 is 29.1 Å². The highest BCUT2D eigenvalue weighted by Crippen LogP contribution is 2.39. The predicted octanol–water partition coefficient (Wildman–Crippen LogP) is 2.08. The molecule has 2 aromatic rings. The number of quaternary nitrogens is 1. The summed E-state index contributed by atoms with van der Waals surface area (Å²) < 4.78 is 0. The third-order valence-corrected chi connectivity index (χ3v) is 5.60. The zero-order chi connectivity index (χ0) is 21.0. The average Bonchev–Trinajstić information content (AvgIpc) is 2.99. The van der Waals surface area contributed by atoms with Crippen LogP contribution in [0.1, 0.15) is 31.0 Å². The number of amides is 1. The quantitative estimate of drug-likeness (QED) is 0.413. The minimum Gasteiger partial charge on any atom is -0.507 e. The van der Waals surface area contributed by atoms with Crippen molar-refractivity contribution in [2.45, 2.75) is 19.9 Å². The van der Waals surface area contributed by atoms with Crippen LogP contribution in [0.25, 0.3) is 5.76 Å². The highest BCUT2D eigenvalue weighted by atomic mass is 35.5. The number of nitrogens with one attached hydrogen (secondary N) is 1. The Labute approximate surface area is 175 Å². The Morgan fingerprint density at radius 1 is 1.17 bits per heavy atom. The molecule has 2 heterocycles. The average molecular weight is 415 g/mol. The smallest absolute Gasteiger partial charge is 0.295 e. The van der Waals surface area contributed by atoms with E-state index in [4.69, 9.17) is 11.6 Å². The Hall–Kier alpha value is -2.70. The van der Waals surface area contributed by atoms with Crippen molar-refractivity contribution in [3.8, 4) is 0 Å². The van der Waals surface area contributed by atoms with Crippen molar-refractivity contribution < 1.29 is 19.6 Å². The molecule has 0 spiro atoms. The number of pyridine rings is 1. The minimum absolute atomic E-state index is 0.0815. The van der Waals surface area contributed by atoms with E-state index in [1.165, 1.54) is 17.3 Å². The van der Waals surface area contributed by atoms with E-state index in [1.54, 1.807) is 35.2 Å². The fraction of sp³-hybridized carbons (Fsp3) is 0.318. The number of aliphatic hydroxyl groups excluding tert-OH is 1. The molecule has 6 nitrogen and oxygen atoms in total. The standard InChI is InChI=1S/C22H24ClN3O3/c1-3-25(4-2)12-13-26-19(16-6-5-7-17(23)14-16)18(21(28)22(26)29)20(27)15-8-10-24-11-9-15/h5-11,14,19,27H,3-4,12-13H2,1-2H3/p+1/b20-18+/t19-/m1/s1. The number of nitrogens with zero attached hydrogens (tertiary/aromatic N) is 2. The van der Waals surface area contributed by atoms with Gasteiger partial charge in [-0.2, -0.15) is 0 Å². The van der Waals surface area contributed by atoms with Crippen LogP contribution in [0.2, 0.25) is 5.02 Å². The van der Waals surface area contributed by atoms with Gasteiger partial charge in [-0.25, -0.2) is 0 Å². The number of aromatic nitrogens is 1. The Morgan fingerprint density at radius 3 is 2.48 bits per heavy atom. The summed E-state index contributed by atoms with van der Waals surface area (Å²) >= 11 is 6.18. The third-order valence-electron chi connectivity index (χ3n) is 5.36. The Morgan fingerprint density at radius 2 is 1.86 bits per heavy atom. The molecule has 1 atom stereocenters. The second-order valence-corrected chi connectivity index (χ2v) is 7.43. The molecular formula is C22H25ClN3O3+. The Kier molecular flexibility index (Phi) is 6.67. The summed E-state index contributed by atoms with van der Waals surface area (Å²) in [7, 11) is 0. The lowest BCUT2D eigenvalue weighted by atomic mass is 9.95. The van der Waals surface area contributed by atoms with Gasteiger partial charge in [0.05, 0.1) is 37.8 Å². The normalized spacial score (nSPS) is 18.6. The molecule has 0 aliphatic carbocycles. The second-order valence-electron chi connectivity index (χ2n) is 6.99. The summed E-state index contributed by atoms with van der Waals surface area (Å²) in [6, 6.07) is 9.60. The van der Waals surface area contributed by atoms with E-state index in [1.807, 2.05) is 6.07 Å². The maximum atomic E-state index is 12.9. The molecule has 1 aliphatic heterocycles. The zero-order valence-electron chi connectivity index (χ0n) is 16.6. The summed E-state index contributed by atoms with van der Waals surface area (Å²) in [5.41, 5.74) is 1.22. The van der Waals surface area contributed by atoms with Gasteiger partial charge in [-0.05, 0) is 43.7 Å². The van der Waals surface area contributed by atoms with Crippen molar-refractivity contribution in [3.05, 3.63) is 70.5 Å². The lowest BCUT2D eigenvalue weighted by Gasteiger charge is -2.27. The Balaban J connectivity index is 2.09. The monoisotopic (exact) mass is 414 g/mol. The molecule has 152 valence electrons. The number of aliphatic hydroxyl groups is 1. The first-order chi connectivity index (χ1) is 14.0. The first-order valence-electron chi connectivity index (χ1n) is 9.75. The zero-order valence-corrected chi connectivity index (χ0v) is 17.3. The molecular weight excluding hydrogens is 390 g/mol. The van der Waals surface area contributed by atoms with Gasteiger partial charge in [0, 0.05) is 23.0 Å². The molecule has 2 N–H and O–H groups in total. The highest BCUT2D eigenvalue weighted by Gasteiger charge is 2.46. The number of carbonyl (C=O) groups excluding carboxylic acids is 2. The maximum absolute atomic E-state index is 12.9. The van der Waals surface area contributed by atoms with Crippen LogP contribution >= 0.6 is 11.6 Å². The third kappa shape index (κ3) is 4.33. The van der Waals surface area contributed by atoms with Crippen LogP contribution in [0, 0.1) is 0 Å². The molecule has 1 aromatic carbocycles. The molecule has 29 heavy (non-hydrogen) atoms. The number of ketones is 1. The number of Topliss-reactive ketones (excluding diaryl/α,β-unsaturated/α-hetero) is 1. The van der Waals surface area contributed by atoms with E-state index >= 15 is 0 Å². The van der Waals surface area contributed by atoms with Crippen LogP contribution in [0.4, 0.5) is 0 Å². The topological polar surface area (TPSA) is 74.9 Å². The van der Waals surface area contributed by atoms with Crippen molar-refractivity contribution in [3.63, 3.8) is 0 Å². The van der Waals surface area contributed by atoms with Gasteiger partial charge in [-0.1, -0.05) is 23.7 Å². The number of benzene rings is 1. The summed E-state index contributed by atoms with van der Waals surface area (Å²) in [4.78, 5) is 32.6. The van der Waals surface area contributed by atoms with E-state index in [0.717, 1.165) is 13.1 Å². The molecule has 1 aliphatic rings. The van der Waals surface area contributed by atoms with E-state index in [0.29, 0.717) is 29.2 Å². The largest absolute Gasteiger partial charge is 0.507 e. The molecule has 0 bridgehead atoms. The van der Waals surface area contributed by atoms with Gasteiger partial charge in [-0.3, -0.25) is 14.6 Å². The van der Waals surface area contributed by atoms with Crippen molar-refractivity contribution in [1.82, 2.24) is 9.88 Å². The van der Waals surface area contributed by atoms with Crippen LogP contribution in [0.5, 0.6) is 0 Å². The van der Waals surface area contributed by atoms with Crippen LogP contribution < -0.4 is 4.90 Å². The lowest BCUT2D eigenvalue weighted by Crippen LogP contribution is -3.12. The van der Waals surface area contributed by atoms with E-state index < -0.39 is 17.7 Å². The van der Waals surface area contributed by atoms with Gasteiger partial charge >= 0.3 is 0 Å². The number of rotatable bonds is 7. The van der Waals surface area contributed by atoms with Crippen molar-refractivity contribution in [1.29, 1.82) is 0 Å². The molecule has 1 amide bonds. The molecule has 1 saturated heterocycles. The van der Waals surface area contributed by atoms with Gasteiger partial charge in [-0.15, -0.1) is 0 Å². The maximum Gasteiger partial charge on any atom is 0.295 e. The molecule has 0 saturated carbocycles. The summed E-state index contributed by atoms with van der Waals surface area (Å²) in [6.45, 7) is 7.16. The van der Waals surface area contributed by atoms with Gasteiger partial charge in [0.1, 0.15) is 5.76 Å². The number of carbonyl (C=O) groups is 2. The van der Waals surface area contributed by atoms with Crippen LogP contribution in [0.3, 0.4) is 0 Å². The van der Waals surface area contributed by atoms with Crippen LogP contribution in [-0.2, 0) is 9.59 Å². The van der Waals surface area contributed by atoms with Gasteiger partial charge in [0.2, 0.25) is 0 Å². The number of hydrogen-bond acceptors (Lipinski definition) is 4. The number of likely N-dealkylation sites (N-methyl/N-ethyl adjacent to an activating group) is 1.